The van der Waals surface area contributed by atoms with E-state index >= 15 is 0 Å². The first-order chi connectivity index (χ1) is 11.4. The number of aliphatic carboxylic acids is 1. The van der Waals surface area contributed by atoms with E-state index in [4.69, 9.17) is 14.6 Å². The number of amides is 1. The van der Waals surface area contributed by atoms with Crippen LogP contribution >= 0.6 is 0 Å². The van der Waals surface area contributed by atoms with Crippen LogP contribution in [0.4, 0.5) is 4.79 Å². The smallest absolute Gasteiger partial charge is 0.412 e. The summed E-state index contributed by atoms with van der Waals surface area (Å²) in [5.74, 6) is -0.846. The van der Waals surface area contributed by atoms with Crippen molar-refractivity contribution in [3.05, 3.63) is 48.0 Å². The number of nitrogens with zero attached hydrogens (tertiary/aromatic N) is 1. The van der Waals surface area contributed by atoms with E-state index in [9.17, 15) is 9.59 Å². The van der Waals surface area contributed by atoms with Crippen molar-refractivity contribution in [3.63, 3.8) is 0 Å². The fourth-order valence-electron chi connectivity index (χ4n) is 2.58. The molecule has 6 heteroatoms. The number of carbonyl (C=O) groups is 2. The van der Waals surface area contributed by atoms with Crippen LogP contribution in [-0.4, -0.2) is 40.4 Å². The molecule has 0 aromatic heterocycles. The third-order valence-corrected chi connectivity index (χ3v) is 3.80. The normalized spacial score (nSPS) is 19.6. The quantitative estimate of drug-likeness (QED) is 0.809. The number of carboxylic acids is 1. The molecule has 1 heterocycles. The van der Waals surface area contributed by atoms with Crippen LogP contribution in [0.25, 0.3) is 0 Å². The summed E-state index contributed by atoms with van der Waals surface area (Å²) in [4.78, 5) is 24.6. The van der Waals surface area contributed by atoms with Gasteiger partial charge in [-0.15, -0.1) is 0 Å². The summed E-state index contributed by atoms with van der Waals surface area (Å²) in [7, 11) is 0. The molecule has 0 bridgehead atoms. The third kappa shape index (κ3) is 4.83. The number of ether oxygens (including phenoxy) is 2. The topological polar surface area (TPSA) is 76.1 Å². The predicted molar refractivity (Wildman–Crippen MR) is 88.3 cm³/mol. The number of hydrogen-bond donors (Lipinski definition) is 1. The molecule has 2 rings (SSSR count). The van der Waals surface area contributed by atoms with Gasteiger partial charge in [0.2, 0.25) is 0 Å². The van der Waals surface area contributed by atoms with Crippen molar-refractivity contribution in [1.82, 2.24) is 4.90 Å². The zero-order chi connectivity index (χ0) is 17.6. The molecule has 1 fully saturated rings. The number of hydrogen-bond acceptors (Lipinski definition) is 4. The van der Waals surface area contributed by atoms with Gasteiger partial charge in [0.1, 0.15) is 12.3 Å². The van der Waals surface area contributed by atoms with Gasteiger partial charge in [-0.05, 0) is 25.8 Å². The summed E-state index contributed by atoms with van der Waals surface area (Å²) in [6.07, 6.45) is 3.60. The molecule has 0 radical (unpaired) electrons. The summed E-state index contributed by atoms with van der Waals surface area (Å²) in [5, 5.41) is 8.66. The van der Waals surface area contributed by atoms with Crippen LogP contribution in [0.5, 0.6) is 0 Å². The lowest BCUT2D eigenvalue weighted by molar-refractivity contribution is -0.136. The molecule has 0 saturated carbocycles. The van der Waals surface area contributed by atoms with Gasteiger partial charge in [-0.3, -0.25) is 9.69 Å². The fraction of sp³-hybridized carbons (Fsp3) is 0.444. The van der Waals surface area contributed by atoms with E-state index in [-0.39, 0.29) is 19.1 Å². The number of carbonyl (C=O) groups excluding carboxylic acids is 1. The highest BCUT2D eigenvalue weighted by Gasteiger charge is 2.43. The Kier molecular flexibility index (Phi) is 5.98. The van der Waals surface area contributed by atoms with E-state index in [0.717, 1.165) is 5.56 Å². The Labute approximate surface area is 141 Å². The van der Waals surface area contributed by atoms with Gasteiger partial charge in [0.25, 0.3) is 0 Å². The molecule has 1 unspecified atom stereocenters. The molecule has 1 aromatic rings. The molecule has 6 nitrogen and oxygen atoms in total. The van der Waals surface area contributed by atoms with Crippen molar-refractivity contribution in [3.8, 4) is 0 Å². The lowest BCUT2D eigenvalue weighted by Crippen LogP contribution is -2.47. The molecule has 1 atom stereocenters. The number of benzene rings is 1. The third-order valence-electron chi connectivity index (χ3n) is 3.80. The Hall–Kier alpha value is -2.34. The summed E-state index contributed by atoms with van der Waals surface area (Å²) in [6.45, 7) is 4.17. The highest BCUT2D eigenvalue weighted by atomic mass is 16.6. The second-order valence-corrected chi connectivity index (χ2v) is 6.10. The molecule has 1 aliphatic heterocycles. The monoisotopic (exact) mass is 333 g/mol. The molecular weight excluding hydrogens is 310 g/mol. The predicted octanol–water partition coefficient (Wildman–Crippen LogP) is 3.18. The number of carboxylic acid groups (broad SMARTS) is 1. The molecule has 130 valence electrons. The van der Waals surface area contributed by atoms with Gasteiger partial charge in [-0.1, -0.05) is 42.5 Å². The molecular formula is C18H23NO5. The molecule has 24 heavy (non-hydrogen) atoms. The van der Waals surface area contributed by atoms with Gasteiger partial charge in [0.15, 0.2) is 0 Å². The van der Waals surface area contributed by atoms with Crippen LogP contribution in [0.1, 0.15) is 32.3 Å². The maximum atomic E-state index is 12.5. The van der Waals surface area contributed by atoms with Crippen LogP contribution in [0.2, 0.25) is 0 Å². The van der Waals surface area contributed by atoms with E-state index in [0.29, 0.717) is 13.0 Å². The maximum absolute atomic E-state index is 12.5. The highest BCUT2D eigenvalue weighted by molar-refractivity contribution is 5.69. The molecule has 1 saturated heterocycles. The minimum atomic E-state index is -0.846. The molecule has 1 aliphatic rings. The van der Waals surface area contributed by atoms with Crippen molar-refractivity contribution in [2.45, 2.75) is 45.1 Å². The second kappa shape index (κ2) is 7.97. The Balaban J connectivity index is 1.97. The minimum absolute atomic E-state index is 0.0614. The van der Waals surface area contributed by atoms with Gasteiger partial charge in [-0.2, -0.15) is 0 Å². The lowest BCUT2D eigenvalue weighted by atomic mass is 10.2. The molecule has 0 aliphatic carbocycles. The van der Waals surface area contributed by atoms with Gasteiger partial charge in [-0.25, -0.2) is 4.79 Å². The fourth-order valence-corrected chi connectivity index (χ4v) is 2.58. The lowest BCUT2D eigenvalue weighted by Gasteiger charge is -2.31. The number of allylic oxidation sites excluding steroid dienone is 1. The van der Waals surface area contributed by atoms with E-state index in [1.54, 1.807) is 11.0 Å². The summed E-state index contributed by atoms with van der Waals surface area (Å²) in [5.41, 5.74) is 0.146. The van der Waals surface area contributed by atoms with Crippen LogP contribution in [0.3, 0.4) is 0 Å². The van der Waals surface area contributed by atoms with Crippen LogP contribution < -0.4 is 0 Å². The summed E-state index contributed by atoms with van der Waals surface area (Å²) >= 11 is 0. The minimum Gasteiger partial charge on any atom is -0.481 e. The first-order valence-corrected chi connectivity index (χ1v) is 7.92. The molecule has 0 spiro atoms. The first kappa shape index (κ1) is 18.0. The Morgan fingerprint density at radius 2 is 2.08 bits per heavy atom. The van der Waals surface area contributed by atoms with Crippen LogP contribution in [0.15, 0.2) is 42.5 Å². The zero-order valence-corrected chi connectivity index (χ0v) is 14.0. The van der Waals surface area contributed by atoms with Crippen molar-refractivity contribution < 1.29 is 24.2 Å². The average Bonchev–Trinajstić information content (AvgIpc) is 2.85. The Morgan fingerprint density at radius 3 is 2.75 bits per heavy atom. The van der Waals surface area contributed by atoms with Crippen LogP contribution in [-0.2, 0) is 20.9 Å². The van der Waals surface area contributed by atoms with Gasteiger partial charge in [0.05, 0.1) is 12.6 Å². The standard InChI is InChI=1S/C18H23NO5/c1-18(2)19(15(13-24-18)10-6-7-11-16(20)21)17(22)23-12-14-8-4-3-5-9-14/h3-6,8-10,15H,7,11-13H2,1-2H3,(H,20,21)/b10-6+. The van der Waals surface area contributed by atoms with Gasteiger partial charge in [0, 0.05) is 6.42 Å². The average molecular weight is 333 g/mol. The number of rotatable bonds is 6. The van der Waals surface area contributed by atoms with Gasteiger partial charge >= 0.3 is 12.1 Å². The second-order valence-electron chi connectivity index (χ2n) is 6.10. The van der Waals surface area contributed by atoms with Crippen molar-refractivity contribution in [1.29, 1.82) is 0 Å². The maximum Gasteiger partial charge on any atom is 0.412 e. The van der Waals surface area contributed by atoms with E-state index < -0.39 is 17.8 Å². The highest BCUT2D eigenvalue weighted by Crippen LogP contribution is 2.29. The van der Waals surface area contributed by atoms with Crippen molar-refractivity contribution >= 4 is 12.1 Å². The zero-order valence-electron chi connectivity index (χ0n) is 14.0. The van der Waals surface area contributed by atoms with E-state index in [1.807, 2.05) is 50.3 Å². The summed E-state index contributed by atoms with van der Waals surface area (Å²) < 4.78 is 11.1. The van der Waals surface area contributed by atoms with E-state index in [1.165, 1.54) is 0 Å². The SMILES string of the molecule is CC1(C)OCC(/C=C/CCC(=O)O)N1C(=O)OCc1ccccc1. The van der Waals surface area contributed by atoms with Crippen molar-refractivity contribution in [2.75, 3.05) is 6.61 Å². The van der Waals surface area contributed by atoms with Gasteiger partial charge < -0.3 is 14.6 Å². The molecule has 1 aromatic carbocycles. The largest absolute Gasteiger partial charge is 0.481 e. The van der Waals surface area contributed by atoms with E-state index in [2.05, 4.69) is 0 Å². The molecule has 1 amide bonds. The van der Waals surface area contributed by atoms with Crippen molar-refractivity contribution in [2.24, 2.45) is 0 Å². The molecule has 1 N–H and O–H groups in total. The summed E-state index contributed by atoms with van der Waals surface area (Å²) in [6, 6.07) is 9.20. The Bertz CT molecular complexity index is 597. The first-order valence-electron chi connectivity index (χ1n) is 7.92. The Morgan fingerprint density at radius 1 is 1.38 bits per heavy atom. The van der Waals surface area contributed by atoms with Crippen LogP contribution in [0, 0.1) is 0 Å².